The lowest BCUT2D eigenvalue weighted by Gasteiger charge is -2.40. The number of carbonyl (C=O) groups excluding carboxylic acids is 2. The van der Waals surface area contributed by atoms with Crippen LogP contribution in [0.1, 0.15) is 37.8 Å². The maximum atomic E-state index is 12.8. The molecular weight excluding hydrogens is 266 g/mol. The summed E-state index contributed by atoms with van der Waals surface area (Å²) in [6.45, 7) is 4.17. The zero-order valence-corrected chi connectivity index (χ0v) is 12.6. The van der Waals surface area contributed by atoms with Crippen LogP contribution < -0.4 is 11.5 Å². The molecule has 5 nitrogen and oxygen atoms in total. The Morgan fingerprint density at radius 1 is 1.24 bits per heavy atom. The Morgan fingerprint density at radius 2 is 1.81 bits per heavy atom. The van der Waals surface area contributed by atoms with Crippen LogP contribution in [0.4, 0.5) is 0 Å². The Balaban J connectivity index is 2.37. The minimum absolute atomic E-state index is 0.189. The van der Waals surface area contributed by atoms with Crippen LogP contribution in [0.3, 0.4) is 0 Å². The summed E-state index contributed by atoms with van der Waals surface area (Å²) >= 11 is 0. The Morgan fingerprint density at radius 3 is 2.33 bits per heavy atom. The fourth-order valence-corrected chi connectivity index (χ4v) is 2.83. The zero-order chi connectivity index (χ0) is 15.6. The van der Waals surface area contributed by atoms with Gasteiger partial charge in [-0.25, -0.2) is 0 Å². The molecule has 5 heteroatoms. The van der Waals surface area contributed by atoms with Crippen molar-refractivity contribution in [2.75, 3.05) is 0 Å². The van der Waals surface area contributed by atoms with E-state index >= 15 is 0 Å². The fourth-order valence-electron chi connectivity index (χ4n) is 2.83. The van der Waals surface area contributed by atoms with Crippen LogP contribution in [0.15, 0.2) is 24.3 Å². The van der Waals surface area contributed by atoms with E-state index in [4.69, 9.17) is 11.5 Å². The van der Waals surface area contributed by atoms with E-state index in [-0.39, 0.29) is 5.91 Å². The normalized spacial score (nSPS) is 18.2. The molecule has 0 fully saturated rings. The molecule has 0 aromatic heterocycles. The molecule has 1 atom stereocenters. The summed E-state index contributed by atoms with van der Waals surface area (Å²) in [6.07, 6.45) is 1.53. The number of hydrogen-bond acceptors (Lipinski definition) is 3. The van der Waals surface area contributed by atoms with Crippen molar-refractivity contribution >= 4 is 11.8 Å². The van der Waals surface area contributed by atoms with Gasteiger partial charge in [0.15, 0.2) is 0 Å². The van der Waals surface area contributed by atoms with Crippen molar-refractivity contribution < 1.29 is 9.59 Å². The number of amides is 2. The van der Waals surface area contributed by atoms with Gasteiger partial charge in [0.2, 0.25) is 11.8 Å². The summed E-state index contributed by atoms with van der Waals surface area (Å²) in [5.41, 5.74) is 12.9. The molecule has 1 aliphatic heterocycles. The van der Waals surface area contributed by atoms with Gasteiger partial charge < -0.3 is 16.4 Å². The van der Waals surface area contributed by atoms with Crippen LogP contribution in [0.25, 0.3) is 0 Å². The van der Waals surface area contributed by atoms with Gasteiger partial charge in [-0.15, -0.1) is 0 Å². The van der Waals surface area contributed by atoms with Crippen molar-refractivity contribution in [2.24, 2.45) is 11.5 Å². The summed E-state index contributed by atoms with van der Waals surface area (Å²) in [5.74, 6) is -0.668. The highest BCUT2D eigenvalue weighted by Gasteiger charge is 2.41. The topological polar surface area (TPSA) is 89.4 Å². The Bertz CT molecular complexity index is 552. The van der Waals surface area contributed by atoms with E-state index in [9.17, 15) is 9.59 Å². The van der Waals surface area contributed by atoms with Gasteiger partial charge in [0.1, 0.15) is 6.04 Å². The summed E-state index contributed by atoms with van der Waals surface area (Å²) in [7, 11) is 0. The number of primary amides is 1. The second-order valence-electron chi connectivity index (χ2n) is 5.69. The van der Waals surface area contributed by atoms with Crippen LogP contribution in [-0.4, -0.2) is 28.3 Å². The molecule has 0 radical (unpaired) electrons. The van der Waals surface area contributed by atoms with Crippen LogP contribution in [-0.2, 0) is 22.6 Å². The van der Waals surface area contributed by atoms with Crippen LogP contribution in [0.5, 0.6) is 0 Å². The first-order valence-electron chi connectivity index (χ1n) is 7.39. The number of rotatable bonds is 4. The van der Waals surface area contributed by atoms with Gasteiger partial charge in [0, 0.05) is 13.0 Å². The second-order valence-corrected chi connectivity index (χ2v) is 5.69. The van der Waals surface area contributed by atoms with Crippen molar-refractivity contribution in [1.82, 2.24) is 4.90 Å². The van der Waals surface area contributed by atoms with E-state index < -0.39 is 17.5 Å². The molecule has 2 amide bonds. The Kier molecular flexibility index (Phi) is 4.32. The molecule has 0 saturated carbocycles. The maximum absolute atomic E-state index is 12.8. The summed E-state index contributed by atoms with van der Waals surface area (Å²) < 4.78 is 0. The van der Waals surface area contributed by atoms with Crippen molar-refractivity contribution in [3.63, 3.8) is 0 Å². The van der Waals surface area contributed by atoms with Crippen LogP contribution in [0, 0.1) is 0 Å². The van der Waals surface area contributed by atoms with E-state index in [1.165, 1.54) is 0 Å². The number of nitrogens with two attached hydrogens (primary N) is 2. The van der Waals surface area contributed by atoms with E-state index in [0.717, 1.165) is 11.1 Å². The molecule has 2 rings (SSSR count). The lowest BCUT2D eigenvalue weighted by molar-refractivity contribution is -0.145. The highest BCUT2D eigenvalue weighted by Crippen LogP contribution is 2.27. The Labute approximate surface area is 125 Å². The molecule has 0 unspecified atom stereocenters. The number of nitrogens with zero attached hydrogens (tertiary/aromatic N) is 1. The smallest absolute Gasteiger partial charge is 0.243 e. The largest absolute Gasteiger partial charge is 0.368 e. The fraction of sp³-hybridized carbons (Fsp3) is 0.500. The van der Waals surface area contributed by atoms with Gasteiger partial charge in [-0.1, -0.05) is 38.1 Å². The molecule has 21 heavy (non-hydrogen) atoms. The predicted octanol–water partition coefficient (Wildman–Crippen LogP) is 0.943. The minimum atomic E-state index is -0.931. The van der Waals surface area contributed by atoms with Gasteiger partial charge in [-0.05, 0) is 24.0 Å². The maximum Gasteiger partial charge on any atom is 0.243 e. The third-order valence-corrected chi connectivity index (χ3v) is 4.53. The van der Waals surface area contributed by atoms with E-state index in [0.29, 0.717) is 25.8 Å². The molecule has 0 aliphatic carbocycles. The zero-order valence-electron chi connectivity index (χ0n) is 12.6. The third-order valence-electron chi connectivity index (χ3n) is 4.53. The minimum Gasteiger partial charge on any atom is -0.368 e. The summed E-state index contributed by atoms with van der Waals surface area (Å²) in [6, 6.07) is 7.19. The number of benzene rings is 1. The van der Waals surface area contributed by atoms with E-state index in [1.54, 1.807) is 4.90 Å². The third kappa shape index (κ3) is 2.78. The van der Waals surface area contributed by atoms with Gasteiger partial charge >= 0.3 is 0 Å². The predicted molar refractivity (Wildman–Crippen MR) is 81.2 cm³/mol. The molecule has 1 aromatic rings. The van der Waals surface area contributed by atoms with Gasteiger partial charge in [0.05, 0.1) is 5.54 Å². The molecule has 114 valence electrons. The highest BCUT2D eigenvalue weighted by atomic mass is 16.2. The summed E-state index contributed by atoms with van der Waals surface area (Å²) in [4.78, 5) is 26.1. The van der Waals surface area contributed by atoms with E-state index in [2.05, 4.69) is 0 Å². The van der Waals surface area contributed by atoms with Crippen LogP contribution in [0.2, 0.25) is 0 Å². The van der Waals surface area contributed by atoms with E-state index in [1.807, 2.05) is 38.1 Å². The molecule has 1 aliphatic rings. The molecule has 0 saturated heterocycles. The lowest BCUT2D eigenvalue weighted by Crippen LogP contribution is -2.60. The lowest BCUT2D eigenvalue weighted by atomic mass is 9.88. The Hall–Kier alpha value is -1.88. The van der Waals surface area contributed by atoms with Gasteiger partial charge in [-0.3, -0.25) is 9.59 Å². The number of fused-ring (bicyclic) bond motifs is 1. The molecule has 1 heterocycles. The summed E-state index contributed by atoms with van der Waals surface area (Å²) in [5, 5.41) is 0. The van der Waals surface area contributed by atoms with Crippen molar-refractivity contribution in [2.45, 2.75) is 51.2 Å². The molecular formula is C16H23N3O2. The van der Waals surface area contributed by atoms with Crippen LogP contribution >= 0.6 is 0 Å². The van der Waals surface area contributed by atoms with Gasteiger partial charge in [-0.2, -0.15) is 0 Å². The average molecular weight is 289 g/mol. The number of carbonyl (C=O) groups is 2. The molecule has 4 N–H and O–H groups in total. The van der Waals surface area contributed by atoms with Crippen molar-refractivity contribution in [3.05, 3.63) is 35.4 Å². The monoisotopic (exact) mass is 289 g/mol. The second kappa shape index (κ2) is 5.85. The first kappa shape index (κ1) is 15.5. The first-order chi connectivity index (χ1) is 9.92. The van der Waals surface area contributed by atoms with Crippen molar-refractivity contribution in [3.8, 4) is 0 Å². The molecule has 0 bridgehead atoms. The highest BCUT2D eigenvalue weighted by molar-refractivity contribution is 5.92. The number of hydrogen-bond donors (Lipinski definition) is 2. The molecule has 1 aromatic carbocycles. The van der Waals surface area contributed by atoms with Crippen molar-refractivity contribution in [1.29, 1.82) is 0 Å². The standard InChI is InChI=1S/C16H23N3O2/c1-3-16(18,4-2)15(21)19-10-12-8-6-5-7-11(12)9-13(19)14(17)20/h5-8,13H,3-4,9-10,18H2,1-2H3,(H2,17,20)/t13-/m0/s1. The molecule has 0 spiro atoms. The first-order valence-corrected chi connectivity index (χ1v) is 7.39. The quantitative estimate of drug-likeness (QED) is 0.864. The average Bonchev–Trinajstić information content (AvgIpc) is 2.52. The van der Waals surface area contributed by atoms with Gasteiger partial charge in [0.25, 0.3) is 0 Å². The SMILES string of the molecule is CCC(N)(CC)C(=O)N1Cc2ccccc2C[C@H]1C(N)=O.